The molecule has 0 aromatic heterocycles. The Bertz CT molecular complexity index is 2470. The zero-order valence-electron chi connectivity index (χ0n) is 36.9. The number of allylic oxidation sites excluding steroid dienone is 4. The molecule has 66 heavy (non-hydrogen) atoms. The molecular formula is C49H53F2N3O12. The molecule has 4 amide bonds. The number of aliphatic hydroxyl groups is 2. The van der Waals surface area contributed by atoms with Gasteiger partial charge in [0.2, 0.25) is 11.8 Å². The summed E-state index contributed by atoms with van der Waals surface area (Å²) in [5.41, 5.74) is -4.87. The van der Waals surface area contributed by atoms with Crippen molar-refractivity contribution in [2.24, 2.45) is 28.6 Å². The van der Waals surface area contributed by atoms with Gasteiger partial charge in [-0.25, -0.2) is 8.78 Å². The van der Waals surface area contributed by atoms with Gasteiger partial charge in [0.15, 0.2) is 34.9 Å². The molecule has 6 aliphatic rings. The Morgan fingerprint density at radius 3 is 2.32 bits per heavy atom. The summed E-state index contributed by atoms with van der Waals surface area (Å²) >= 11 is 0. The average Bonchev–Trinajstić information content (AvgIpc) is 3.90. The number of aliphatic hydroxyl groups excluding tert-OH is 2. The van der Waals surface area contributed by atoms with Crippen molar-refractivity contribution in [1.29, 1.82) is 0 Å². The van der Waals surface area contributed by atoms with Crippen LogP contribution in [0, 0.1) is 28.6 Å². The highest BCUT2D eigenvalue weighted by atomic mass is 19.1. The molecule has 0 radical (unpaired) electrons. The Labute approximate surface area is 379 Å². The number of carbonyl (C=O) groups excluding carboxylic acids is 7. The quantitative estimate of drug-likeness (QED) is 0.134. The molecule has 4 aliphatic carbocycles. The summed E-state index contributed by atoms with van der Waals surface area (Å²) in [6, 6.07) is 10.9. The van der Waals surface area contributed by atoms with Gasteiger partial charge in [0.05, 0.1) is 23.9 Å². The van der Waals surface area contributed by atoms with Crippen molar-refractivity contribution >= 4 is 46.7 Å². The number of benzene rings is 2. The topological polar surface area (TPSA) is 226 Å². The third-order valence-corrected chi connectivity index (χ3v) is 15.2. The number of hydrogen-bond acceptors (Lipinski definition) is 12. The van der Waals surface area contributed by atoms with Gasteiger partial charge in [0.1, 0.15) is 18.5 Å². The summed E-state index contributed by atoms with van der Waals surface area (Å²) in [5, 5.41) is 37.9. The second-order valence-electron chi connectivity index (χ2n) is 19.0. The first kappa shape index (κ1) is 46.8. The number of nitrogens with one attached hydrogen (secondary N) is 2. The molecule has 350 valence electrons. The minimum absolute atomic E-state index is 0.0118. The first-order valence-corrected chi connectivity index (χ1v) is 22.2. The normalized spacial score (nSPS) is 33.9. The van der Waals surface area contributed by atoms with E-state index in [-0.39, 0.29) is 55.7 Å². The van der Waals surface area contributed by atoms with Gasteiger partial charge in [0, 0.05) is 59.8 Å². The molecule has 0 spiro atoms. The lowest BCUT2D eigenvalue weighted by Crippen LogP contribution is -2.70. The molecule has 3 saturated carbocycles. The largest absolute Gasteiger partial charge is 0.506 e. The standard InChI is InChI=1S/C49H53F2N3O12/c1-25(17-37(58)26(2)52-41(61)14-16-54-42(62)11-12-43(54)63)44(64)53-35-19-28(7-10-36(35)57)18-27-5-8-29(9-6-27)45-65-40-22-31-32-21-34(50)33-20-30(56)13-15-46(33,3)48(32,51)38(59)23-47(31,4)49(40,66-45)39(60)24-55/h5-13,15,19-20,25-26,31-32,34,38,40,45,55,57,59H,14,16-18,21-24H2,1-4H3,(H,52,61)(H,53,64)/t25-,26+,31+,32+,34+,38+,40-,45-,46+,47+,48+,49-/m1/s1. The number of nitrogens with zero attached hydrogens (tertiary/aromatic N) is 1. The first-order valence-electron chi connectivity index (χ1n) is 22.2. The van der Waals surface area contributed by atoms with Crippen molar-refractivity contribution in [2.45, 2.75) is 108 Å². The fraction of sp³-hybridized carbons (Fsp3) is 0.490. The van der Waals surface area contributed by atoms with Crippen LogP contribution in [-0.2, 0) is 49.5 Å². The van der Waals surface area contributed by atoms with Crippen molar-refractivity contribution in [1.82, 2.24) is 10.2 Å². The van der Waals surface area contributed by atoms with Crippen LogP contribution in [-0.4, -0.2) is 110 Å². The number of phenols is 1. The first-order chi connectivity index (χ1) is 31.2. The number of fused-ring (bicyclic) bond motifs is 7. The molecule has 15 nitrogen and oxygen atoms in total. The lowest BCUT2D eigenvalue weighted by molar-refractivity contribution is -0.235. The van der Waals surface area contributed by atoms with Crippen LogP contribution in [0.3, 0.4) is 0 Å². The van der Waals surface area contributed by atoms with Crippen molar-refractivity contribution in [2.75, 3.05) is 18.5 Å². The van der Waals surface area contributed by atoms with Gasteiger partial charge in [-0.15, -0.1) is 0 Å². The maximum absolute atomic E-state index is 17.7. The van der Waals surface area contributed by atoms with Gasteiger partial charge >= 0.3 is 0 Å². The van der Waals surface area contributed by atoms with E-state index in [1.165, 1.54) is 39.0 Å². The van der Waals surface area contributed by atoms with Crippen molar-refractivity contribution in [3.63, 3.8) is 0 Å². The molecule has 2 aliphatic heterocycles. The molecule has 2 aromatic carbocycles. The van der Waals surface area contributed by atoms with E-state index in [4.69, 9.17) is 9.47 Å². The third kappa shape index (κ3) is 7.53. The molecule has 2 aromatic rings. The number of anilines is 1. The number of hydrogen-bond donors (Lipinski definition) is 5. The number of Topliss-reactive ketones (excluding diaryl/α,β-unsaturated/α-hetero) is 2. The number of ether oxygens (including phenoxy) is 2. The number of imide groups is 1. The van der Waals surface area contributed by atoms with Gasteiger partial charge < -0.3 is 35.4 Å². The van der Waals surface area contributed by atoms with Crippen LogP contribution in [0.2, 0.25) is 0 Å². The van der Waals surface area contributed by atoms with Crippen LogP contribution < -0.4 is 10.6 Å². The SMILES string of the molecule is C[C@H](CC(=O)[C@H](C)NC(=O)CCN1C(=O)C=CC1=O)C(=O)Nc1cc(Cc2ccc([C@@H]3O[C@@H]4C[C@H]5[C@@H]6C[C@H](F)C7=CC(=O)C=C[C@]7(C)[C@@]6(F)[C@@H](O)C[C@]5(C)[C@]4(C(=O)CO)O3)cc2)ccc1O. The zero-order valence-corrected chi connectivity index (χ0v) is 36.9. The number of carbonyl (C=O) groups is 7. The van der Waals surface area contributed by atoms with Gasteiger partial charge in [-0.05, 0) is 86.4 Å². The second-order valence-corrected chi connectivity index (χ2v) is 19.0. The molecule has 0 bridgehead atoms. The number of ketones is 3. The van der Waals surface area contributed by atoms with E-state index in [2.05, 4.69) is 10.6 Å². The summed E-state index contributed by atoms with van der Waals surface area (Å²) in [7, 11) is 0. The highest BCUT2D eigenvalue weighted by Gasteiger charge is 2.80. The van der Waals surface area contributed by atoms with Crippen molar-refractivity contribution in [3.8, 4) is 5.75 Å². The fourth-order valence-electron chi connectivity index (χ4n) is 11.6. The summed E-state index contributed by atoms with van der Waals surface area (Å²) < 4.78 is 46.8. The number of phenolic OH excluding ortho intramolecular Hbond substituents is 1. The predicted molar refractivity (Wildman–Crippen MR) is 230 cm³/mol. The highest BCUT2D eigenvalue weighted by Crippen LogP contribution is 2.72. The molecule has 12 atom stereocenters. The smallest absolute Gasteiger partial charge is 0.253 e. The molecule has 17 heteroatoms. The molecule has 0 unspecified atom stereocenters. The van der Waals surface area contributed by atoms with Crippen molar-refractivity contribution in [3.05, 3.63) is 95.1 Å². The number of amides is 4. The van der Waals surface area contributed by atoms with E-state index in [9.17, 15) is 48.9 Å². The van der Waals surface area contributed by atoms with E-state index in [0.717, 1.165) is 28.7 Å². The molecule has 5 N–H and O–H groups in total. The van der Waals surface area contributed by atoms with E-state index >= 15 is 8.78 Å². The molecular weight excluding hydrogens is 861 g/mol. The Hall–Kier alpha value is -5.75. The second kappa shape index (κ2) is 17.2. The maximum Gasteiger partial charge on any atom is 0.253 e. The molecule has 2 heterocycles. The van der Waals surface area contributed by atoms with Crippen LogP contribution in [0.25, 0.3) is 0 Å². The highest BCUT2D eigenvalue weighted by molar-refractivity contribution is 6.13. The summed E-state index contributed by atoms with van der Waals surface area (Å²) in [6.45, 7) is 5.17. The Kier molecular flexibility index (Phi) is 12.2. The predicted octanol–water partition coefficient (Wildman–Crippen LogP) is 3.98. The summed E-state index contributed by atoms with van der Waals surface area (Å²) in [4.78, 5) is 89.0. The molecule has 1 saturated heterocycles. The number of aromatic hydroxyl groups is 1. The van der Waals surface area contributed by atoms with Crippen LogP contribution in [0.4, 0.5) is 14.5 Å². The van der Waals surface area contributed by atoms with Crippen LogP contribution in [0.15, 0.2) is 78.4 Å². The fourth-order valence-corrected chi connectivity index (χ4v) is 11.6. The van der Waals surface area contributed by atoms with Crippen molar-refractivity contribution < 1.29 is 67.1 Å². The van der Waals surface area contributed by atoms with Gasteiger partial charge in [-0.1, -0.05) is 50.3 Å². The number of alkyl halides is 2. The van der Waals surface area contributed by atoms with E-state index in [0.29, 0.717) is 17.5 Å². The number of rotatable bonds is 14. The van der Waals surface area contributed by atoms with Crippen LogP contribution in [0.1, 0.15) is 82.8 Å². The van der Waals surface area contributed by atoms with Gasteiger partial charge in [-0.2, -0.15) is 0 Å². The zero-order chi connectivity index (χ0) is 47.7. The van der Waals surface area contributed by atoms with E-state index in [1.807, 2.05) is 12.1 Å². The maximum atomic E-state index is 17.7. The lowest BCUT2D eigenvalue weighted by atomic mass is 9.44. The summed E-state index contributed by atoms with van der Waals surface area (Å²) in [5.74, 6) is -6.51. The van der Waals surface area contributed by atoms with Crippen LogP contribution >= 0.6 is 0 Å². The third-order valence-electron chi connectivity index (χ3n) is 15.2. The number of halogens is 2. The Morgan fingerprint density at radius 2 is 1.64 bits per heavy atom. The van der Waals surface area contributed by atoms with Gasteiger partial charge in [-0.3, -0.25) is 38.5 Å². The van der Waals surface area contributed by atoms with E-state index < -0.39 is 118 Å². The minimum atomic E-state index is -2.37. The average molecular weight is 914 g/mol. The summed E-state index contributed by atoms with van der Waals surface area (Å²) in [6.07, 6.45) is -0.0178. The minimum Gasteiger partial charge on any atom is -0.506 e. The van der Waals surface area contributed by atoms with E-state index in [1.54, 1.807) is 31.2 Å². The van der Waals surface area contributed by atoms with Crippen LogP contribution in [0.5, 0.6) is 5.75 Å². The monoisotopic (exact) mass is 913 g/mol. The lowest BCUT2D eigenvalue weighted by Gasteiger charge is -2.63. The molecule has 8 rings (SSSR count). The Morgan fingerprint density at radius 1 is 0.955 bits per heavy atom. The van der Waals surface area contributed by atoms with Gasteiger partial charge in [0.25, 0.3) is 11.8 Å². The Balaban J connectivity index is 0.900. The molecule has 4 fully saturated rings.